The van der Waals surface area contributed by atoms with Crippen molar-refractivity contribution in [2.45, 2.75) is 20.4 Å². The summed E-state index contributed by atoms with van der Waals surface area (Å²) in [5, 5.41) is 9.13. The number of likely N-dealkylation sites (N-methyl/N-ethyl adjacent to an activating group) is 1. The van der Waals surface area contributed by atoms with Gasteiger partial charge in [0.05, 0.1) is 19.3 Å². The third-order valence-corrected chi connectivity index (χ3v) is 4.71. The van der Waals surface area contributed by atoms with E-state index in [0.717, 1.165) is 30.2 Å². The fourth-order valence-electron chi connectivity index (χ4n) is 2.56. The van der Waals surface area contributed by atoms with Crippen molar-refractivity contribution in [1.29, 1.82) is 0 Å². The summed E-state index contributed by atoms with van der Waals surface area (Å²) in [6.45, 7) is 7.07. The summed E-state index contributed by atoms with van der Waals surface area (Å²) >= 11 is 1.54. The van der Waals surface area contributed by atoms with E-state index < -0.39 is 0 Å². The van der Waals surface area contributed by atoms with E-state index in [1.165, 1.54) is 5.69 Å². The van der Waals surface area contributed by atoms with Gasteiger partial charge >= 0.3 is 0 Å². The van der Waals surface area contributed by atoms with Crippen LogP contribution in [0.15, 0.2) is 59.4 Å². The minimum absolute atomic E-state index is 0. The predicted octanol–water partition coefficient (Wildman–Crippen LogP) is 1.02. The van der Waals surface area contributed by atoms with Crippen LogP contribution < -0.4 is 26.4 Å². The summed E-state index contributed by atoms with van der Waals surface area (Å²) in [5.74, 6) is 0. The van der Waals surface area contributed by atoms with Crippen molar-refractivity contribution >= 4 is 27.8 Å². The topological polar surface area (TPSA) is 49.7 Å². The maximum atomic E-state index is 4.26. The normalized spacial score (nSPS) is 10.9. The molecule has 0 saturated heterocycles. The van der Waals surface area contributed by atoms with Gasteiger partial charge in [-0.05, 0) is 38.1 Å². The first kappa shape index (κ1) is 20.3. The van der Waals surface area contributed by atoms with Gasteiger partial charge in [0.2, 0.25) is 11.5 Å². The maximum Gasteiger partial charge on any atom is 0.243 e. The van der Waals surface area contributed by atoms with Crippen molar-refractivity contribution < 1.29 is 21.5 Å². The van der Waals surface area contributed by atoms with E-state index in [2.05, 4.69) is 67.0 Å². The molecule has 0 amide bonds. The number of hydrogen-bond donors (Lipinski definition) is 0. The Balaban J connectivity index is 0.00000243. The van der Waals surface area contributed by atoms with Gasteiger partial charge in [0.25, 0.3) is 0 Å². The smallest absolute Gasteiger partial charge is 0.243 e. The third kappa shape index (κ3) is 5.47. The van der Waals surface area contributed by atoms with Crippen LogP contribution in [0.3, 0.4) is 0 Å². The lowest BCUT2D eigenvalue weighted by molar-refractivity contribution is -0.671. The van der Waals surface area contributed by atoms with Crippen LogP contribution in [-0.4, -0.2) is 22.6 Å². The van der Waals surface area contributed by atoms with E-state index in [1.54, 1.807) is 11.3 Å². The van der Waals surface area contributed by atoms with Crippen molar-refractivity contribution in [3.63, 3.8) is 0 Å². The van der Waals surface area contributed by atoms with E-state index in [1.807, 2.05) is 32.3 Å². The Bertz CT molecular complexity index is 840. The van der Waals surface area contributed by atoms with Crippen LogP contribution in [0, 0.1) is 6.92 Å². The van der Waals surface area contributed by atoms with E-state index in [-0.39, 0.29) is 17.0 Å². The molecule has 2 aromatic heterocycles. The molecular weight excluding hydrogens is 412 g/mol. The van der Waals surface area contributed by atoms with Gasteiger partial charge in [0, 0.05) is 23.3 Å². The molecule has 0 atom stereocenters. The molecule has 0 bridgehead atoms. The summed E-state index contributed by atoms with van der Waals surface area (Å²) in [6, 6.07) is 8.19. The number of aryl methyl sites for hydroxylation is 2. The summed E-state index contributed by atoms with van der Waals surface area (Å²) < 4.78 is 4.25. The molecule has 1 aromatic carbocycles. The van der Waals surface area contributed by atoms with Gasteiger partial charge in [0.15, 0.2) is 0 Å². The number of hydrogen-bond acceptors (Lipinski definition) is 5. The molecule has 138 valence electrons. The number of thiazole rings is 1. The molecule has 6 nitrogen and oxygen atoms in total. The number of rotatable bonds is 7. The van der Waals surface area contributed by atoms with E-state index >= 15 is 0 Å². The Morgan fingerprint density at radius 1 is 1.23 bits per heavy atom. The molecule has 0 aliphatic rings. The molecule has 3 rings (SSSR count). The van der Waals surface area contributed by atoms with Crippen LogP contribution >= 0.6 is 11.3 Å². The summed E-state index contributed by atoms with van der Waals surface area (Å²) in [7, 11) is 2.04. The van der Waals surface area contributed by atoms with Crippen molar-refractivity contribution in [3.05, 3.63) is 54.1 Å². The second-order valence-corrected chi connectivity index (χ2v) is 7.08. The fourth-order valence-corrected chi connectivity index (χ4v) is 3.14. The quantitative estimate of drug-likeness (QED) is 0.411. The highest BCUT2D eigenvalue weighted by atomic mass is 79.9. The van der Waals surface area contributed by atoms with Gasteiger partial charge < -0.3 is 21.9 Å². The van der Waals surface area contributed by atoms with E-state index in [9.17, 15) is 0 Å². The van der Waals surface area contributed by atoms with Crippen LogP contribution in [0.5, 0.6) is 0 Å². The minimum Gasteiger partial charge on any atom is -1.00 e. The second kappa shape index (κ2) is 9.59. The molecule has 0 N–H and O–H groups in total. The molecular formula is C18H23BrN6S. The molecule has 3 aromatic rings. The molecule has 0 unspecified atom stereocenters. The first-order valence-electron chi connectivity index (χ1n) is 8.34. The average molecular weight is 435 g/mol. The predicted molar refractivity (Wildman–Crippen MR) is 101 cm³/mol. The summed E-state index contributed by atoms with van der Waals surface area (Å²) in [4.78, 5) is 7.68. The molecule has 0 saturated carbocycles. The van der Waals surface area contributed by atoms with Gasteiger partial charge in [-0.2, -0.15) is 0 Å². The number of aromatic nitrogens is 3. The number of halogens is 1. The van der Waals surface area contributed by atoms with Crippen molar-refractivity contribution in [3.8, 4) is 0 Å². The summed E-state index contributed by atoms with van der Waals surface area (Å²) in [5.41, 5.74) is 2.04. The van der Waals surface area contributed by atoms with Crippen molar-refractivity contribution in [1.82, 2.24) is 9.55 Å². The van der Waals surface area contributed by atoms with Crippen LogP contribution in [0.2, 0.25) is 0 Å². The number of azo groups is 1. The van der Waals surface area contributed by atoms with Crippen LogP contribution in [0.4, 0.5) is 16.5 Å². The average Bonchev–Trinajstić information content (AvgIpc) is 3.23. The van der Waals surface area contributed by atoms with Gasteiger partial charge in [-0.3, -0.25) is 0 Å². The largest absolute Gasteiger partial charge is 1.00 e. The van der Waals surface area contributed by atoms with E-state index in [4.69, 9.17) is 0 Å². The lowest BCUT2D eigenvalue weighted by Crippen LogP contribution is -3.00. The van der Waals surface area contributed by atoms with Crippen molar-refractivity contribution in [2.24, 2.45) is 17.3 Å². The maximum absolute atomic E-state index is 4.26. The summed E-state index contributed by atoms with van der Waals surface area (Å²) in [6.07, 6.45) is 8.06. The highest BCUT2D eigenvalue weighted by molar-refractivity contribution is 7.15. The zero-order chi connectivity index (χ0) is 17.6. The highest BCUT2D eigenvalue weighted by Crippen LogP contribution is 2.24. The number of nitrogens with zero attached hydrogens (tertiary/aromatic N) is 6. The monoisotopic (exact) mass is 434 g/mol. The second-order valence-electron chi connectivity index (χ2n) is 5.87. The lowest BCUT2D eigenvalue weighted by atomic mass is 10.2. The molecule has 0 aliphatic heterocycles. The lowest BCUT2D eigenvalue weighted by Gasteiger charge is -2.22. The zero-order valence-corrected chi connectivity index (χ0v) is 17.6. The Morgan fingerprint density at radius 2 is 2.00 bits per heavy atom. The molecule has 0 radical (unpaired) electrons. The third-order valence-electron chi connectivity index (χ3n) is 3.91. The number of anilines is 1. The van der Waals surface area contributed by atoms with Gasteiger partial charge in [-0.15, -0.1) is 10.2 Å². The standard InChI is InChI=1S/C18H23N6S.BrH/c1-4-24(12-11-23-10-9-22(3)14-23)17-7-5-16(6-8-17)20-21-18-19-13-15(2)25-18;/h5-10,13-14H,4,11-12H2,1-3H3;1H/q+1;/p-1. The Hall–Kier alpha value is -2.06. The van der Waals surface area contributed by atoms with Crippen LogP contribution in [-0.2, 0) is 13.6 Å². The minimum atomic E-state index is 0. The SMILES string of the molecule is CCN(CCn1cc[n+](C)c1)c1ccc(N=Nc2ncc(C)s2)cc1.[Br-]. The van der Waals surface area contributed by atoms with Crippen LogP contribution in [0.1, 0.15) is 11.8 Å². The Kier molecular flexibility index (Phi) is 7.47. The molecule has 26 heavy (non-hydrogen) atoms. The molecule has 8 heteroatoms. The van der Waals surface area contributed by atoms with E-state index in [0.29, 0.717) is 5.13 Å². The Labute approximate surface area is 168 Å². The first-order valence-corrected chi connectivity index (χ1v) is 9.16. The molecule has 0 fully saturated rings. The van der Waals surface area contributed by atoms with Gasteiger partial charge in [-0.25, -0.2) is 14.1 Å². The number of benzene rings is 1. The van der Waals surface area contributed by atoms with Crippen molar-refractivity contribution in [2.75, 3.05) is 18.0 Å². The molecule has 0 aliphatic carbocycles. The molecule has 0 spiro atoms. The number of imidazole rings is 1. The molecule has 2 heterocycles. The first-order chi connectivity index (χ1) is 12.1. The van der Waals surface area contributed by atoms with Crippen LogP contribution in [0.25, 0.3) is 0 Å². The zero-order valence-electron chi connectivity index (χ0n) is 15.2. The highest BCUT2D eigenvalue weighted by Gasteiger charge is 2.07. The van der Waals surface area contributed by atoms with Gasteiger partial charge in [0.1, 0.15) is 18.9 Å². The Morgan fingerprint density at radius 3 is 2.58 bits per heavy atom. The van der Waals surface area contributed by atoms with Gasteiger partial charge in [-0.1, -0.05) is 11.3 Å². The fraction of sp³-hybridized carbons (Fsp3) is 0.333.